The van der Waals surface area contributed by atoms with E-state index in [0.29, 0.717) is 29.9 Å². The first-order valence-corrected chi connectivity index (χ1v) is 5.39. The second-order valence-corrected chi connectivity index (χ2v) is 4.00. The van der Waals surface area contributed by atoms with Gasteiger partial charge in [-0.05, 0) is 18.6 Å². The first-order valence-electron chi connectivity index (χ1n) is 5.39. The van der Waals surface area contributed by atoms with E-state index in [9.17, 15) is 9.18 Å². The number of fused-ring (bicyclic) bond motifs is 1. The Morgan fingerprint density at radius 1 is 1.24 bits per heavy atom. The third-order valence-corrected chi connectivity index (χ3v) is 2.83. The zero-order valence-electron chi connectivity index (χ0n) is 8.98. The first kappa shape index (κ1) is 10.1. The molecule has 1 aliphatic carbocycles. The maximum Gasteiger partial charge on any atom is 0.181 e. The van der Waals surface area contributed by atoms with Gasteiger partial charge in [-0.25, -0.2) is 14.4 Å². The molecule has 0 fully saturated rings. The molecule has 2 aromatic rings. The van der Waals surface area contributed by atoms with Gasteiger partial charge in [0.05, 0.1) is 0 Å². The van der Waals surface area contributed by atoms with Crippen LogP contribution >= 0.6 is 0 Å². The fourth-order valence-electron chi connectivity index (χ4n) is 1.96. The maximum atomic E-state index is 13.1. The smallest absolute Gasteiger partial charge is 0.181 e. The molecule has 1 aromatic carbocycles. The van der Waals surface area contributed by atoms with E-state index in [1.54, 1.807) is 18.3 Å². The molecular weight excluding hydrogens is 219 g/mol. The number of carbonyl (C=O) groups excluding carboxylic acids is 1. The molecular formula is C13H9FN2O. The van der Waals surface area contributed by atoms with Crippen molar-refractivity contribution in [1.82, 2.24) is 9.97 Å². The number of benzene rings is 1. The highest BCUT2D eigenvalue weighted by Gasteiger charge is 2.22. The lowest BCUT2D eigenvalue weighted by molar-refractivity contribution is 0.0990. The summed E-state index contributed by atoms with van der Waals surface area (Å²) in [7, 11) is 0. The minimum atomic E-state index is -0.335. The van der Waals surface area contributed by atoms with Crippen LogP contribution < -0.4 is 0 Å². The average molecular weight is 228 g/mol. The second-order valence-electron chi connectivity index (χ2n) is 4.00. The molecule has 1 heterocycles. The molecule has 1 aromatic heterocycles. The van der Waals surface area contributed by atoms with Crippen LogP contribution in [-0.2, 0) is 6.42 Å². The molecule has 84 valence electrons. The predicted molar refractivity (Wildman–Crippen MR) is 60.1 cm³/mol. The number of rotatable bonds is 1. The fraction of sp³-hybridized carbons (Fsp3) is 0.154. The summed E-state index contributed by atoms with van der Waals surface area (Å²) >= 11 is 0. The van der Waals surface area contributed by atoms with Crippen LogP contribution in [0.25, 0.3) is 11.4 Å². The van der Waals surface area contributed by atoms with Gasteiger partial charge in [-0.2, -0.15) is 0 Å². The van der Waals surface area contributed by atoms with Crippen molar-refractivity contribution in [1.29, 1.82) is 0 Å². The first-order chi connectivity index (χ1) is 8.24. The molecule has 0 saturated carbocycles. The molecule has 17 heavy (non-hydrogen) atoms. The lowest BCUT2D eigenvalue weighted by atomic mass is 10.2. The molecule has 0 N–H and O–H groups in total. The molecule has 4 heteroatoms. The zero-order chi connectivity index (χ0) is 11.8. The van der Waals surface area contributed by atoms with Crippen molar-refractivity contribution in [3.05, 3.63) is 47.5 Å². The van der Waals surface area contributed by atoms with Crippen LogP contribution in [0.1, 0.15) is 22.5 Å². The number of aryl methyl sites for hydroxylation is 1. The summed E-state index contributed by atoms with van der Waals surface area (Å²) < 4.78 is 13.1. The van der Waals surface area contributed by atoms with Gasteiger partial charge in [0, 0.05) is 23.7 Å². The van der Waals surface area contributed by atoms with Gasteiger partial charge in [-0.15, -0.1) is 0 Å². The molecule has 0 amide bonds. The molecule has 0 unspecified atom stereocenters. The lowest BCUT2D eigenvalue weighted by Crippen LogP contribution is -1.99. The Morgan fingerprint density at radius 2 is 2.12 bits per heavy atom. The van der Waals surface area contributed by atoms with E-state index in [2.05, 4.69) is 9.97 Å². The SMILES string of the molecule is O=C1CCc2cnc(-c3cccc(F)c3)nc21. The molecule has 1 aliphatic rings. The van der Waals surface area contributed by atoms with Crippen molar-refractivity contribution in [2.45, 2.75) is 12.8 Å². The highest BCUT2D eigenvalue weighted by molar-refractivity contribution is 5.98. The number of hydrogen-bond acceptors (Lipinski definition) is 3. The molecule has 0 spiro atoms. The van der Waals surface area contributed by atoms with Gasteiger partial charge < -0.3 is 0 Å². The van der Waals surface area contributed by atoms with Crippen molar-refractivity contribution >= 4 is 5.78 Å². The topological polar surface area (TPSA) is 42.9 Å². The number of Topliss-reactive ketones (excluding diaryl/α,β-unsaturated/α-hetero) is 1. The third kappa shape index (κ3) is 1.71. The molecule has 3 rings (SSSR count). The van der Waals surface area contributed by atoms with Gasteiger partial charge in [-0.1, -0.05) is 12.1 Å². The van der Waals surface area contributed by atoms with E-state index in [1.807, 2.05) is 0 Å². The van der Waals surface area contributed by atoms with Gasteiger partial charge in [-0.3, -0.25) is 4.79 Å². The normalized spacial score (nSPS) is 13.8. The van der Waals surface area contributed by atoms with Gasteiger partial charge in [0.15, 0.2) is 11.6 Å². The van der Waals surface area contributed by atoms with Crippen molar-refractivity contribution in [2.24, 2.45) is 0 Å². The number of hydrogen-bond donors (Lipinski definition) is 0. The average Bonchev–Trinajstić information content (AvgIpc) is 2.71. The summed E-state index contributed by atoms with van der Waals surface area (Å²) in [6, 6.07) is 6.05. The van der Waals surface area contributed by atoms with Crippen molar-refractivity contribution < 1.29 is 9.18 Å². The Kier molecular flexibility index (Phi) is 2.21. The number of carbonyl (C=O) groups is 1. The molecule has 0 aliphatic heterocycles. The van der Waals surface area contributed by atoms with E-state index < -0.39 is 0 Å². The molecule has 0 atom stereocenters. The van der Waals surface area contributed by atoms with Crippen molar-refractivity contribution in [2.75, 3.05) is 0 Å². The summed E-state index contributed by atoms with van der Waals surface area (Å²) in [5.41, 5.74) is 1.96. The molecule has 0 saturated heterocycles. The molecule has 0 bridgehead atoms. The van der Waals surface area contributed by atoms with Crippen molar-refractivity contribution in [3.8, 4) is 11.4 Å². The number of aromatic nitrogens is 2. The van der Waals surface area contributed by atoms with Gasteiger partial charge in [0.1, 0.15) is 11.5 Å². The van der Waals surface area contributed by atoms with Crippen LogP contribution in [0.15, 0.2) is 30.5 Å². The summed E-state index contributed by atoms with van der Waals surface area (Å²) in [5, 5.41) is 0. The van der Waals surface area contributed by atoms with Crippen LogP contribution in [-0.4, -0.2) is 15.8 Å². The molecule has 3 nitrogen and oxygen atoms in total. The van der Waals surface area contributed by atoms with E-state index in [-0.39, 0.29) is 11.6 Å². The monoisotopic (exact) mass is 228 g/mol. The van der Waals surface area contributed by atoms with Gasteiger partial charge >= 0.3 is 0 Å². The van der Waals surface area contributed by atoms with Crippen LogP contribution in [0.4, 0.5) is 4.39 Å². The number of nitrogens with zero attached hydrogens (tertiary/aromatic N) is 2. The Labute approximate surface area is 97.3 Å². The highest BCUT2D eigenvalue weighted by Crippen LogP contribution is 2.23. The van der Waals surface area contributed by atoms with E-state index in [4.69, 9.17) is 0 Å². The van der Waals surface area contributed by atoms with Crippen LogP contribution in [0, 0.1) is 5.82 Å². The largest absolute Gasteiger partial charge is 0.292 e. The van der Waals surface area contributed by atoms with Crippen LogP contribution in [0.3, 0.4) is 0 Å². The summed E-state index contributed by atoms with van der Waals surface area (Å²) in [6.45, 7) is 0. The Bertz CT molecular complexity index is 610. The summed E-state index contributed by atoms with van der Waals surface area (Å²) in [6.07, 6.45) is 2.86. The quantitative estimate of drug-likeness (QED) is 0.752. The molecule has 0 radical (unpaired) electrons. The summed E-state index contributed by atoms with van der Waals surface area (Å²) in [5.74, 6) is 0.108. The van der Waals surface area contributed by atoms with E-state index >= 15 is 0 Å². The van der Waals surface area contributed by atoms with Gasteiger partial charge in [0.2, 0.25) is 0 Å². The fourth-order valence-corrected chi connectivity index (χ4v) is 1.96. The predicted octanol–water partition coefficient (Wildman–Crippen LogP) is 2.41. The minimum Gasteiger partial charge on any atom is -0.292 e. The zero-order valence-corrected chi connectivity index (χ0v) is 8.98. The Hall–Kier alpha value is -2.10. The van der Waals surface area contributed by atoms with Crippen LogP contribution in [0.2, 0.25) is 0 Å². The number of halogens is 1. The van der Waals surface area contributed by atoms with E-state index in [1.165, 1.54) is 12.1 Å². The second kappa shape index (κ2) is 3.73. The Morgan fingerprint density at radius 3 is 2.94 bits per heavy atom. The lowest BCUT2D eigenvalue weighted by Gasteiger charge is -2.02. The maximum absolute atomic E-state index is 13.1. The van der Waals surface area contributed by atoms with Crippen molar-refractivity contribution in [3.63, 3.8) is 0 Å². The third-order valence-electron chi connectivity index (χ3n) is 2.83. The van der Waals surface area contributed by atoms with Gasteiger partial charge in [0.25, 0.3) is 0 Å². The Balaban J connectivity index is 2.11. The van der Waals surface area contributed by atoms with E-state index in [0.717, 1.165) is 5.56 Å². The summed E-state index contributed by atoms with van der Waals surface area (Å²) in [4.78, 5) is 19.9. The number of ketones is 1. The standard InChI is InChI=1S/C13H9FN2O/c14-10-3-1-2-8(6-10)13-15-7-9-4-5-11(17)12(9)16-13/h1-3,6-7H,4-5H2. The van der Waals surface area contributed by atoms with Crippen LogP contribution in [0.5, 0.6) is 0 Å². The highest BCUT2D eigenvalue weighted by atomic mass is 19.1. The minimum absolute atomic E-state index is 0.0417.